The first-order valence-electron chi connectivity index (χ1n) is 6.88. The zero-order chi connectivity index (χ0) is 14.8. The average molecular weight is 276 g/mol. The number of rotatable bonds is 2. The first-order chi connectivity index (χ1) is 10.1. The summed E-state index contributed by atoms with van der Waals surface area (Å²) in [5.41, 5.74) is 4.38. The number of hydrogen-bond acceptors (Lipinski definition) is 2. The highest BCUT2D eigenvalue weighted by Crippen LogP contribution is 2.24. The Morgan fingerprint density at radius 1 is 0.952 bits per heavy atom. The standard InChI is InChI=1S/C18H16N2O/c1-13-8-10-15(11-9-13)12-17-14(2)19-20(18(17)21)16-6-4-3-5-7-16/h3-12H,1-2H3/b17-12+. The highest BCUT2D eigenvalue weighted by Gasteiger charge is 2.28. The highest BCUT2D eigenvalue weighted by atomic mass is 16.2. The molecule has 0 saturated heterocycles. The summed E-state index contributed by atoms with van der Waals surface area (Å²) in [7, 11) is 0. The van der Waals surface area contributed by atoms with Crippen molar-refractivity contribution in [1.82, 2.24) is 0 Å². The number of anilines is 1. The molecule has 0 aliphatic carbocycles. The SMILES string of the molecule is CC1=NN(c2ccccc2)C(=O)/C1=C/c1ccc(C)cc1. The summed E-state index contributed by atoms with van der Waals surface area (Å²) >= 11 is 0. The summed E-state index contributed by atoms with van der Waals surface area (Å²) in [5, 5.41) is 5.82. The Labute approximate surface area is 124 Å². The molecule has 0 aromatic heterocycles. The molecule has 3 rings (SSSR count). The molecule has 1 amide bonds. The molecule has 2 aromatic carbocycles. The van der Waals surface area contributed by atoms with Gasteiger partial charge in [-0.1, -0.05) is 48.0 Å². The van der Waals surface area contributed by atoms with Gasteiger partial charge in [0.15, 0.2) is 0 Å². The van der Waals surface area contributed by atoms with Crippen LogP contribution in [-0.4, -0.2) is 11.6 Å². The van der Waals surface area contributed by atoms with Gasteiger partial charge in [-0.05, 0) is 37.6 Å². The lowest BCUT2D eigenvalue weighted by molar-refractivity contribution is -0.114. The predicted molar refractivity (Wildman–Crippen MR) is 86.2 cm³/mol. The van der Waals surface area contributed by atoms with Crippen LogP contribution in [0.4, 0.5) is 5.69 Å². The summed E-state index contributed by atoms with van der Waals surface area (Å²) < 4.78 is 0. The molecule has 1 aliphatic heterocycles. The van der Waals surface area contributed by atoms with Gasteiger partial charge in [0, 0.05) is 0 Å². The van der Waals surface area contributed by atoms with Crippen molar-refractivity contribution >= 4 is 23.4 Å². The average Bonchev–Trinajstić information content (AvgIpc) is 2.78. The summed E-state index contributed by atoms with van der Waals surface area (Å²) in [6.07, 6.45) is 1.89. The molecule has 21 heavy (non-hydrogen) atoms. The molecule has 104 valence electrons. The lowest BCUT2D eigenvalue weighted by atomic mass is 10.1. The van der Waals surface area contributed by atoms with Gasteiger partial charge in [0.25, 0.3) is 5.91 Å². The number of aryl methyl sites for hydroxylation is 1. The maximum atomic E-state index is 12.5. The molecule has 1 heterocycles. The summed E-state index contributed by atoms with van der Waals surface area (Å²) in [5.74, 6) is -0.0840. The number of nitrogens with zero attached hydrogens (tertiary/aromatic N) is 2. The van der Waals surface area contributed by atoms with Gasteiger partial charge in [-0.2, -0.15) is 10.1 Å². The number of carbonyl (C=O) groups is 1. The lowest BCUT2D eigenvalue weighted by Gasteiger charge is -2.11. The number of hydrazone groups is 1. The van der Waals surface area contributed by atoms with Crippen molar-refractivity contribution in [1.29, 1.82) is 0 Å². The molecule has 0 saturated carbocycles. The van der Waals surface area contributed by atoms with E-state index in [1.807, 2.05) is 74.5 Å². The fourth-order valence-corrected chi connectivity index (χ4v) is 2.26. The number of para-hydroxylation sites is 1. The zero-order valence-corrected chi connectivity index (χ0v) is 12.1. The minimum atomic E-state index is -0.0840. The first kappa shape index (κ1) is 13.3. The van der Waals surface area contributed by atoms with Crippen LogP contribution >= 0.6 is 0 Å². The van der Waals surface area contributed by atoms with E-state index >= 15 is 0 Å². The molecule has 0 atom stereocenters. The molecule has 0 unspecified atom stereocenters. The Bertz CT molecular complexity index is 728. The van der Waals surface area contributed by atoms with Crippen molar-refractivity contribution in [2.45, 2.75) is 13.8 Å². The number of benzene rings is 2. The lowest BCUT2D eigenvalue weighted by Crippen LogP contribution is -2.21. The molecular formula is C18H16N2O. The summed E-state index contributed by atoms with van der Waals surface area (Å²) in [6, 6.07) is 17.6. The molecule has 1 aliphatic rings. The van der Waals surface area contributed by atoms with Gasteiger partial charge in [0.05, 0.1) is 17.0 Å². The Kier molecular flexibility index (Phi) is 3.40. The minimum absolute atomic E-state index is 0.0840. The van der Waals surface area contributed by atoms with E-state index in [0.29, 0.717) is 5.57 Å². The molecule has 0 bridgehead atoms. The Morgan fingerprint density at radius 3 is 2.29 bits per heavy atom. The van der Waals surface area contributed by atoms with Gasteiger partial charge >= 0.3 is 0 Å². The topological polar surface area (TPSA) is 32.7 Å². The Morgan fingerprint density at radius 2 is 1.62 bits per heavy atom. The molecule has 0 radical (unpaired) electrons. The highest BCUT2D eigenvalue weighted by molar-refractivity contribution is 6.32. The van der Waals surface area contributed by atoms with E-state index in [0.717, 1.165) is 17.0 Å². The van der Waals surface area contributed by atoms with Crippen LogP contribution in [0.25, 0.3) is 6.08 Å². The Hall–Kier alpha value is -2.68. The van der Waals surface area contributed by atoms with E-state index in [1.165, 1.54) is 10.6 Å². The maximum Gasteiger partial charge on any atom is 0.280 e. The van der Waals surface area contributed by atoms with Gasteiger partial charge in [-0.25, -0.2) is 0 Å². The van der Waals surface area contributed by atoms with E-state index in [1.54, 1.807) is 0 Å². The first-order valence-corrected chi connectivity index (χ1v) is 6.88. The van der Waals surface area contributed by atoms with Crippen molar-refractivity contribution in [3.05, 3.63) is 71.3 Å². The fourth-order valence-electron chi connectivity index (χ4n) is 2.26. The van der Waals surface area contributed by atoms with Crippen molar-refractivity contribution in [2.75, 3.05) is 5.01 Å². The largest absolute Gasteiger partial charge is 0.280 e. The van der Waals surface area contributed by atoms with E-state index in [-0.39, 0.29) is 5.91 Å². The van der Waals surface area contributed by atoms with Crippen molar-refractivity contribution in [2.24, 2.45) is 5.10 Å². The van der Waals surface area contributed by atoms with Crippen LogP contribution in [0.2, 0.25) is 0 Å². The molecule has 3 nitrogen and oxygen atoms in total. The second-order valence-corrected chi connectivity index (χ2v) is 5.11. The third-order valence-corrected chi connectivity index (χ3v) is 3.45. The molecular weight excluding hydrogens is 260 g/mol. The minimum Gasteiger partial charge on any atom is -0.267 e. The van der Waals surface area contributed by atoms with Crippen molar-refractivity contribution in [3.63, 3.8) is 0 Å². The molecule has 3 heteroatoms. The third kappa shape index (κ3) is 2.63. The molecule has 0 fully saturated rings. The third-order valence-electron chi connectivity index (χ3n) is 3.45. The van der Waals surface area contributed by atoms with E-state index in [4.69, 9.17) is 0 Å². The second kappa shape index (κ2) is 5.37. The van der Waals surface area contributed by atoms with Crippen LogP contribution in [0.15, 0.2) is 65.3 Å². The van der Waals surface area contributed by atoms with E-state index in [9.17, 15) is 4.79 Å². The van der Waals surface area contributed by atoms with Crippen molar-refractivity contribution < 1.29 is 4.79 Å². The molecule has 0 spiro atoms. The van der Waals surface area contributed by atoms with Crippen LogP contribution in [0.5, 0.6) is 0 Å². The summed E-state index contributed by atoms with van der Waals surface area (Å²) in [4.78, 5) is 12.5. The van der Waals surface area contributed by atoms with Crippen LogP contribution in [0.1, 0.15) is 18.1 Å². The monoisotopic (exact) mass is 276 g/mol. The fraction of sp³-hybridized carbons (Fsp3) is 0.111. The number of amides is 1. The van der Waals surface area contributed by atoms with Crippen molar-refractivity contribution in [3.8, 4) is 0 Å². The van der Waals surface area contributed by atoms with Crippen LogP contribution in [0.3, 0.4) is 0 Å². The zero-order valence-electron chi connectivity index (χ0n) is 12.1. The second-order valence-electron chi connectivity index (χ2n) is 5.11. The van der Waals surface area contributed by atoms with Gasteiger partial charge in [0.1, 0.15) is 0 Å². The predicted octanol–water partition coefficient (Wildman–Crippen LogP) is 3.80. The van der Waals surface area contributed by atoms with Gasteiger partial charge in [-0.3, -0.25) is 4.79 Å². The summed E-state index contributed by atoms with van der Waals surface area (Å²) in [6.45, 7) is 3.91. The normalized spacial score (nSPS) is 16.5. The van der Waals surface area contributed by atoms with E-state index in [2.05, 4.69) is 5.10 Å². The van der Waals surface area contributed by atoms with Crippen LogP contribution in [-0.2, 0) is 4.79 Å². The van der Waals surface area contributed by atoms with Crippen LogP contribution < -0.4 is 5.01 Å². The Balaban J connectivity index is 1.94. The maximum absolute atomic E-state index is 12.5. The number of hydrogen-bond donors (Lipinski definition) is 0. The van der Waals surface area contributed by atoms with Gasteiger partial charge in [-0.15, -0.1) is 0 Å². The smallest absolute Gasteiger partial charge is 0.267 e. The van der Waals surface area contributed by atoms with Gasteiger partial charge < -0.3 is 0 Å². The number of carbonyl (C=O) groups excluding carboxylic acids is 1. The quantitative estimate of drug-likeness (QED) is 0.768. The van der Waals surface area contributed by atoms with Crippen LogP contribution in [0, 0.1) is 6.92 Å². The van der Waals surface area contributed by atoms with E-state index < -0.39 is 0 Å². The van der Waals surface area contributed by atoms with Gasteiger partial charge in [0.2, 0.25) is 0 Å². The molecule has 2 aromatic rings. The molecule has 0 N–H and O–H groups in total.